The predicted molar refractivity (Wildman–Crippen MR) is 119 cm³/mol. The molecule has 3 rings (SSSR count). The summed E-state index contributed by atoms with van der Waals surface area (Å²) in [5, 5.41) is 11.2. The summed E-state index contributed by atoms with van der Waals surface area (Å²) >= 11 is 0. The maximum absolute atomic E-state index is 12.9. The Morgan fingerprint density at radius 1 is 0.967 bits per heavy atom. The molecule has 6 heteroatoms. The predicted octanol–water partition coefficient (Wildman–Crippen LogP) is 4.80. The van der Waals surface area contributed by atoms with Crippen LogP contribution in [-0.4, -0.2) is 37.3 Å². The monoisotopic (exact) mass is 411 g/mol. The van der Waals surface area contributed by atoms with Gasteiger partial charge in [-0.3, -0.25) is 4.90 Å². The van der Waals surface area contributed by atoms with Crippen LogP contribution in [-0.2, 0) is 6.54 Å². The first-order chi connectivity index (χ1) is 14.5. The van der Waals surface area contributed by atoms with Crippen molar-refractivity contribution in [3.63, 3.8) is 0 Å². The molecule has 0 spiro atoms. The minimum atomic E-state index is -0.459. The van der Waals surface area contributed by atoms with E-state index in [0.717, 1.165) is 31.3 Å². The first-order valence-corrected chi connectivity index (χ1v) is 10.3. The Hall–Kier alpha value is -2.99. The van der Waals surface area contributed by atoms with E-state index in [2.05, 4.69) is 18.7 Å². The molecule has 160 valence electrons. The summed E-state index contributed by atoms with van der Waals surface area (Å²) in [6.07, 6.45) is 2.03. The van der Waals surface area contributed by atoms with E-state index in [1.807, 2.05) is 0 Å². The molecule has 0 aliphatic heterocycles. The maximum Gasteiger partial charge on any atom is 0.344 e. The number of methoxy groups -OCH3 is 2. The maximum atomic E-state index is 12.9. The van der Waals surface area contributed by atoms with Crippen molar-refractivity contribution in [1.82, 2.24) is 4.90 Å². The van der Waals surface area contributed by atoms with E-state index >= 15 is 0 Å². The van der Waals surface area contributed by atoms with Crippen LogP contribution in [0.2, 0.25) is 0 Å². The largest absolute Gasteiger partial charge is 0.507 e. The molecule has 1 heterocycles. The van der Waals surface area contributed by atoms with Crippen LogP contribution in [0, 0.1) is 0 Å². The molecule has 0 radical (unpaired) electrons. The van der Waals surface area contributed by atoms with Crippen LogP contribution in [0.15, 0.2) is 45.6 Å². The second-order valence-corrected chi connectivity index (χ2v) is 7.28. The zero-order chi connectivity index (χ0) is 21.7. The highest BCUT2D eigenvalue weighted by molar-refractivity contribution is 5.86. The van der Waals surface area contributed by atoms with Gasteiger partial charge in [0.15, 0.2) is 11.5 Å². The normalized spacial score (nSPS) is 11.2. The van der Waals surface area contributed by atoms with Gasteiger partial charge in [-0.25, -0.2) is 4.79 Å². The molecule has 3 aromatic rings. The Labute approximate surface area is 176 Å². The van der Waals surface area contributed by atoms with Gasteiger partial charge in [-0.15, -0.1) is 0 Å². The van der Waals surface area contributed by atoms with Crippen LogP contribution >= 0.6 is 0 Å². The number of nitrogens with zero attached hydrogens (tertiary/aromatic N) is 1. The molecule has 0 fully saturated rings. The van der Waals surface area contributed by atoms with Gasteiger partial charge in [-0.2, -0.15) is 0 Å². The summed E-state index contributed by atoms with van der Waals surface area (Å²) < 4.78 is 16.4. The van der Waals surface area contributed by atoms with Crippen LogP contribution in [0.25, 0.3) is 22.1 Å². The van der Waals surface area contributed by atoms with Crippen molar-refractivity contribution >= 4 is 11.0 Å². The molecule has 1 N–H and O–H groups in total. The van der Waals surface area contributed by atoms with Gasteiger partial charge in [0, 0.05) is 11.9 Å². The standard InChI is InChI=1S/C24H29NO5/c1-5-11-25(12-6-2)15-19-20(26)9-7-17-13-18(24(27)30-23(17)19)16-8-10-21(28-3)22(14-16)29-4/h7-10,13-14,26H,5-6,11-12,15H2,1-4H3. The van der Waals surface area contributed by atoms with Gasteiger partial charge in [0.05, 0.1) is 25.3 Å². The van der Waals surface area contributed by atoms with Crippen LogP contribution in [0.5, 0.6) is 17.2 Å². The zero-order valence-corrected chi connectivity index (χ0v) is 18.0. The third-order valence-electron chi connectivity index (χ3n) is 5.14. The molecule has 0 amide bonds. The summed E-state index contributed by atoms with van der Waals surface area (Å²) in [5.41, 5.74) is 1.72. The van der Waals surface area contributed by atoms with E-state index in [1.165, 1.54) is 0 Å². The van der Waals surface area contributed by atoms with Crippen molar-refractivity contribution in [2.45, 2.75) is 33.2 Å². The highest BCUT2D eigenvalue weighted by Gasteiger charge is 2.17. The minimum Gasteiger partial charge on any atom is -0.507 e. The minimum absolute atomic E-state index is 0.140. The number of benzene rings is 2. The van der Waals surface area contributed by atoms with E-state index < -0.39 is 5.63 Å². The summed E-state index contributed by atoms with van der Waals surface area (Å²) in [5.74, 6) is 1.27. The second kappa shape index (κ2) is 9.67. The topological polar surface area (TPSA) is 72.1 Å². The van der Waals surface area contributed by atoms with Gasteiger partial charge in [0.25, 0.3) is 0 Å². The van der Waals surface area contributed by atoms with Gasteiger partial charge < -0.3 is 19.0 Å². The lowest BCUT2D eigenvalue weighted by molar-refractivity contribution is 0.262. The molecule has 0 aliphatic carbocycles. The number of phenols is 1. The summed E-state index contributed by atoms with van der Waals surface area (Å²) in [6.45, 7) is 6.61. The van der Waals surface area contributed by atoms with Crippen LogP contribution in [0.4, 0.5) is 0 Å². The van der Waals surface area contributed by atoms with E-state index in [9.17, 15) is 9.90 Å². The Bertz CT molecular complexity index is 1070. The average Bonchev–Trinajstić information content (AvgIpc) is 2.75. The molecule has 0 atom stereocenters. The first kappa shape index (κ1) is 21.7. The Morgan fingerprint density at radius 2 is 1.67 bits per heavy atom. The highest BCUT2D eigenvalue weighted by Crippen LogP contribution is 2.34. The van der Waals surface area contributed by atoms with Crippen LogP contribution in [0.1, 0.15) is 32.3 Å². The van der Waals surface area contributed by atoms with Crippen molar-refractivity contribution in [1.29, 1.82) is 0 Å². The van der Waals surface area contributed by atoms with E-state index in [4.69, 9.17) is 13.9 Å². The fraction of sp³-hybridized carbons (Fsp3) is 0.375. The Balaban J connectivity index is 2.09. The van der Waals surface area contributed by atoms with Gasteiger partial charge in [-0.05, 0) is 61.8 Å². The fourth-order valence-electron chi connectivity index (χ4n) is 3.72. The lowest BCUT2D eigenvalue weighted by atomic mass is 10.0. The van der Waals surface area contributed by atoms with E-state index in [-0.39, 0.29) is 5.75 Å². The summed E-state index contributed by atoms with van der Waals surface area (Å²) in [6, 6.07) is 10.5. The van der Waals surface area contributed by atoms with Gasteiger partial charge in [0.1, 0.15) is 11.3 Å². The molecule has 0 saturated carbocycles. The Morgan fingerprint density at radius 3 is 2.30 bits per heavy atom. The number of fused-ring (bicyclic) bond motifs is 1. The fourth-order valence-corrected chi connectivity index (χ4v) is 3.72. The molecular weight excluding hydrogens is 382 g/mol. The Kier molecular flexibility index (Phi) is 7.00. The second-order valence-electron chi connectivity index (χ2n) is 7.28. The van der Waals surface area contributed by atoms with Crippen molar-refractivity contribution < 1.29 is 19.0 Å². The third kappa shape index (κ3) is 4.44. The van der Waals surface area contributed by atoms with Crippen molar-refractivity contribution in [3.05, 3.63) is 52.4 Å². The van der Waals surface area contributed by atoms with E-state index in [0.29, 0.717) is 40.3 Å². The number of rotatable bonds is 9. The quantitative estimate of drug-likeness (QED) is 0.510. The van der Waals surface area contributed by atoms with Crippen LogP contribution in [0.3, 0.4) is 0 Å². The molecule has 2 aromatic carbocycles. The number of hydrogen-bond donors (Lipinski definition) is 1. The average molecular weight is 411 g/mol. The van der Waals surface area contributed by atoms with Crippen molar-refractivity contribution in [2.24, 2.45) is 0 Å². The van der Waals surface area contributed by atoms with Gasteiger partial charge in [-0.1, -0.05) is 19.9 Å². The highest BCUT2D eigenvalue weighted by atomic mass is 16.5. The van der Waals surface area contributed by atoms with Crippen molar-refractivity contribution in [2.75, 3.05) is 27.3 Å². The molecule has 0 aliphatic rings. The molecular formula is C24H29NO5. The number of phenolic OH excluding ortho intramolecular Hbond substituents is 1. The first-order valence-electron chi connectivity index (χ1n) is 10.3. The molecule has 0 unspecified atom stereocenters. The summed E-state index contributed by atoms with van der Waals surface area (Å²) in [4.78, 5) is 15.1. The van der Waals surface area contributed by atoms with Gasteiger partial charge in [0.2, 0.25) is 0 Å². The number of ether oxygens (including phenoxy) is 2. The lowest BCUT2D eigenvalue weighted by Crippen LogP contribution is -2.25. The van der Waals surface area contributed by atoms with E-state index in [1.54, 1.807) is 50.6 Å². The zero-order valence-electron chi connectivity index (χ0n) is 18.0. The molecule has 6 nitrogen and oxygen atoms in total. The number of hydrogen-bond acceptors (Lipinski definition) is 6. The third-order valence-corrected chi connectivity index (χ3v) is 5.14. The number of aromatic hydroxyl groups is 1. The smallest absolute Gasteiger partial charge is 0.344 e. The molecule has 1 aromatic heterocycles. The van der Waals surface area contributed by atoms with Crippen LogP contribution < -0.4 is 15.1 Å². The molecule has 0 saturated heterocycles. The van der Waals surface area contributed by atoms with Crippen molar-refractivity contribution in [3.8, 4) is 28.4 Å². The molecule has 0 bridgehead atoms. The summed E-state index contributed by atoms with van der Waals surface area (Å²) in [7, 11) is 3.12. The SMILES string of the molecule is CCCN(CCC)Cc1c(O)ccc2cc(-c3ccc(OC)c(OC)c3)c(=O)oc12. The molecule has 30 heavy (non-hydrogen) atoms. The lowest BCUT2D eigenvalue weighted by Gasteiger charge is -2.22. The van der Waals surface area contributed by atoms with Gasteiger partial charge >= 0.3 is 5.63 Å².